The number of ether oxygens (including phenoxy) is 2. The molecule has 4 nitrogen and oxygen atoms in total. The van der Waals surface area contributed by atoms with Crippen LogP contribution in [0.15, 0.2) is 24.3 Å². The van der Waals surface area contributed by atoms with E-state index in [1.54, 1.807) is 7.11 Å². The van der Waals surface area contributed by atoms with Crippen LogP contribution in [0.1, 0.15) is 18.4 Å². The molecule has 2 rings (SSSR count). The highest BCUT2D eigenvalue weighted by Gasteiger charge is 2.19. The fourth-order valence-corrected chi connectivity index (χ4v) is 2.50. The lowest BCUT2D eigenvalue weighted by molar-refractivity contribution is 0.00978. The van der Waals surface area contributed by atoms with Crippen molar-refractivity contribution in [2.24, 2.45) is 5.73 Å². The van der Waals surface area contributed by atoms with Crippen LogP contribution in [0.3, 0.4) is 0 Å². The Kier molecular flexibility index (Phi) is 5.63. The summed E-state index contributed by atoms with van der Waals surface area (Å²) >= 11 is 0. The van der Waals surface area contributed by atoms with E-state index in [4.69, 9.17) is 15.2 Å². The van der Waals surface area contributed by atoms with Crippen LogP contribution in [-0.4, -0.2) is 44.4 Å². The van der Waals surface area contributed by atoms with E-state index in [-0.39, 0.29) is 0 Å². The summed E-state index contributed by atoms with van der Waals surface area (Å²) in [4.78, 5) is 2.47. The van der Waals surface area contributed by atoms with Gasteiger partial charge < -0.3 is 15.2 Å². The van der Waals surface area contributed by atoms with Crippen molar-refractivity contribution in [1.29, 1.82) is 0 Å². The molecule has 1 fully saturated rings. The molecule has 106 valence electrons. The topological polar surface area (TPSA) is 47.7 Å². The molecule has 0 unspecified atom stereocenters. The molecule has 0 spiro atoms. The highest BCUT2D eigenvalue weighted by Crippen LogP contribution is 2.18. The van der Waals surface area contributed by atoms with Crippen LogP contribution in [0.5, 0.6) is 5.75 Å². The normalized spacial score (nSPS) is 17.6. The quantitative estimate of drug-likeness (QED) is 0.848. The van der Waals surface area contributed by atoms with E-state index < -0.39 is 0 Å². The number of rotatable bonds is 6. The molecule has 1 aromatic rings. The molecule has 2 N–H and O–H groups in total. The molecule has 1 heterocycles. The second kappa shape index (κ2) is 7.48. The van der Waals surface area contributed by atoms with Gasteiger partial charge in [0, 0.05) is 26.2 Å². The van der Waals surface area contributed by atoms with Gasteiger partial charge in [-0.2, -0.15) is 0 Å². The summed E-state index contributed by atoms with van der Waals surface area (Å²) in [5.41, 5.74) is 6.76. The summed E-state index contributed by atoms with van der Waals surface area (Å²) in [6.45, 7) is 4.46. The maximum atomic E-state index is 5.70. The van der Waals surface area contributed by atoms with Gasteiger partial charge in [0.1, 0.15) is 5.75 Å². The minimum atomic E-state index is 0.394. The Balaban J connectivity index is 1.78. The zero-order valence-corrected chi connectivity index (χ0v) is 11.7. The van der Waals surface area contributed by atoms with Crippen molar-refractivity contribution in [3.63, 3.8) is 0 Å². The van der Waals surface area contributed by atoms with Crippen LogP contribution in [0.4, 0.5) is 0 Å². The third-order valence-electron chi connectivity index (χ3n) is 3.55. The molecular formula is C15H24N2O2. The Labute approximate surface area is 115 Å². The zero-order valence-electron chi connectivity index (χ0n) is 11.7. The van der Waals surface area contributed by atoms with Crippen LogP contribution in [0, 0.1) is 0 Å². The number of likely N-dealkylation sites (tertiary alicyclic amines) is 1. The van der Waals surface area contributed by atoms with Crippen molar-refractivity contribution < 1.29 is 9.47 Å². The standard InChI is InChI=1S/C15H24N2O2/c1-18-15-4-2-3-13(11-15)12-17-8-5-14(6-9-17)19-10-7-16/h2-4,11,14H,5-10,12,16H2,1H3. The van der Waals surface area contributed by atoms with Crippen molar-refractivity contribution in [3.05, 3.63) is 29.8 Å². The smallest absolute Gasteiger partial charge is 0.119 e. The van der Waals surface area contributed by atoms with Gasteiger partial charge in [0.25, 0.3) is 0 Å². The number of hydrogen-bond acceptors (Lipinski definition) is 4. The van der Waals surface area contributed by atoms with Crippen molar-refractivity contribution in [2.75, 3.05) is 33.4 Å². The molecule has 1 aliphatic rings. The lowest BCUT2D eigenvalue weighted by atomic mass is 10.1. The average molecular weight is 264 g/mol. The van der Waals surface area contributed by atoms with Gasteiger partial charge in [0.05, 0.1) is 19.8 Å². The van der Waals surface area contributed by atoms with E-state index in [9.17, 15) is 0 Å². The molecule has 0 saturated carbocycles. The Bertz CT molecular complexity index is 376. The SMILES string of the molecule is COc1cccc(CN2CCC(OCCN)CC2)c1. The number of nitrogens with zero attached hydrogens (tertiary/aromatic N) is 1. The molecule has 19 heavy (non-hydrogen) atoms. The van der Waals surface area contributed by atoms with E-state index in [1.165, 1.54) is 5.56 Å². The molecule has 4 heteroatoms. The first kappa shape index (κ1) is 14.3. The van der Waals surface area contributed by atoms with Gasteiger partial charge in [0.2, 0.25) is 0 Å². The van der Waals surface area contributed by atoms with Gasteiger partial charge in [-0.15, -0.1) is 0 Å². The van der Waals surface area contributed by atoms with Crippen LogP contribution < -0.4 is 10.5 Å². The molecule has 1 saturated heterocycles. The zero-order chi connectivity index (χ0) is 13.5. The number of benzene rings is 1. The van der Waals surface area contributed by atoms with Crippen molar-refractivity contribution in [1.82, 2.24) is 4.90 Å². The summed E-state index contributed by atoms with van der Waals surface area (Å²) in [6, 6.07) is 8.29. The molecule has 0 bridgehead atoms. The molecule has 1 aromatic carbocycles. The van der Waals surface area contributed by atoms with E-state index in [0.29, 0.717) is 19.3 Å². The summed E-state index contributed by atoms with van der Waals surface area (Å²) in [5.74, 6) is 0.929. The summed E-state index contributed by atoms with van der Waals surface area (Å²) < 4.78 is 11.0. The van der Waals surface area contributed by atoms with E-state index in [2.05, 4.69) is 17.0 Å². The Hall–Kier alpha value is -1.10. The first-order chi connectivity index (χ1) is 9.31. The number of piperidine rings is 1. The van der Waals surface area contributed by atoms with Gasteiger partial charge in [-0.1, -0.05) is 12.1 Å². The van der Waals surface area contributed by atoms with Crippen LogP contribution in [0.2, 0.25) is 0 Å². The van der Waals surface area contributed by atoms with Gasteiger partial charge in [-0.25, -0.2) is 0 Å². The van der Waals surface area contributed by atoms with E-state index in [1.807, 2.05) is 12.1 Å². The van der Waals surface area contributed by atoms with Crippen LogP contribution >= 0.6 is 0 Å². The third-order valence-corrected chi connectivity index (χ3v) is 3.55. The summed E-state index contributed by atoms with van der Waals surface area (Å²) in [6.07, 6.45) is 2.60. The highest BCUT2D eigenvalue weighted by molar-refractivity contribution is 5.28. The predicted octanol–water partition coefficient (Wildman–Crippen LogP) is 1.63. The lowest BCUT2D eigenvalue weighted by Crippen LogP contribution is -2.37. The fourth-order valence-electron chi connectivity index (χ4n) is 2.50. The van der Waals surface area contributed by atoms with Crippen molar-refractivity contribution >= 4 is 0 Å². The minimum Gasteiger partial charge on any atom is -0.497 e. The van der Waals surface area contributed by atoms with Crippen LogP contribution in [-0.2, 0) is 11.3 Å². The second-order valence-corrected chi connectivity index (χ2v) is 4.99. The molecule has 0 aliphatic carbocycles. The molecule has 0 atom stereocenters. The molecule has 0 aromatic heterocycles. The van der Waals surface area contributed by atoms with Crippen LogP contribution in [0.25, 0.3) is 0 Å². The Morgan fingerprint density at radius 2 is 2.11 bits per heavy atom. The maximum Gasteiger partial charge on any atom is 0.119 e. The number of hydrogen-bond donors (Lipinski definition) is 1. The molecular weight excluding hydrogens is 240 g/mol. The Morgan fingerprint density at radius 1 is 1.32 bits per heavy atom. The maximum absolute atomic E-state index is 5.70. The fraction of sp³-hybridized carbons (Fsp3) is 0.600. The highest BCUT2D eigenvalue weighted by atomic mass is 16.5. The van der Waals surface area contributed by atoms with E-state index >= 15 is 0 Å². The average Bonchev–Trinajstić information content (AvgIpc) is 2.47. The summed E-state index contributed by atoms with van der Waals surface area (Å²) in [5, 5.41) is 0. The first-order valence-electron chi connectivity index (χ1n) is 6.99. The van der Waals surface area contributed by atoms with Crippen molar-refractivity contribution in [2.45, 2.75) is 25.5 Å². The predicted molar refractivity (Wildman–Crippen MR) is 76.3 cm³/mol. The lowest BCUT2D eigenvalue weighted by Gasteiger charge is -2.31. The largest absolute Gasteiger partial charge is 0.497 e. The van der Waals surface area contributed by atoms with E-state index in [0.717, 1.165) is 38.2 Å². The number of nitrogens with two attached hydrogens (primary N) is 1. The van der Waals surface area contributed by atoms with Gasteiger partial charge >= 0.3 is 0 Å². The molecule has 1 aliphatic heterocycles. The molecule has 0 radical (unpaired) electrons. The Morgan fingerprint density at radius 3 is 2.79 bits per heavy atom. The van der Waals surface area contributed by atoms with Gasteiger partial charge in [-0.3, -0.25) is 4.90 Å². The second-order valence-electron chi connectivity index (χ2n) is 4.99. The van der Waals surface area contributed by atoms with Crippen molar-refractivity contribution in [3.8, 4) is 5.75 Å². The van der Waals surface area contributed by atoms with Gasteiger partial charge in [-0.05, 0) is 30.5 Å². The third kappa shape index (κ3) is 4.49. The summed E-state index contributed by atoms with van der Waals surface area (Å²) in [7, 11) is 1.71. The number of methoxy groups -OCH3 is 1. The van der Waals surface area contributed by atoms with Gasteiger partial charge in [0.15, 0.2) is 0 Å². The first-order valence-corrected chi connectivity index (χ1v) is 6.99. The molecule has 0 amide bonds. The minimum absolute atomic E-state index is 0.394. The monoisotopic (exact) mass is 264 g/mol.